The minimum Gasteiger partial charge on any atom is -0.389 e. The predicted octanol–water partition coefficient (Wildman–Crippen LogP) is 1.98. The van der Waals surface area contributed by atoms with Gasteiger partial charge >= 0.3 is 0 Å². The Hall–Kier alpha value is -1.49. The first-order valence-corrected chi connectivity index (χ1v) is 6.96. The molecular weight excluding hydrogens is 258 g/mol. The lowest BCUT2D eigenvalue weighted by Crippen LogP contribution is -2.44. The van der Waals surface area contributed by atoms with Crippen LogP contribution in [-0.4, -0.2) is 33.4 Å². The van der Waals surface area contributed by atoms with Crippen LogP contribution in [0.5, 0.6) is 0 Å². The lowest BCUT2D eigenvalue weighted by molar-refractivity contribution is 0.0582. The van der Waals surface area contributed by atoms with Crippen molar-refractivity contribution in [2.75, 3.05) is 6.54 Å². The number of thiocarbonyl (C=S) groups is 1. The van der Waals surface area contributed by atoms with E-state index in [1.54, 1.807) is 18.3 Å². The molecule has 2 unspecified atom stereocenters. The normalized spacial score (nSPS) is 23.2. The van der Waals surface area contributed by atoms with Crippen molar-refractivity contribution in [2.45, 2.75) is 32.7 Å². The Balaban J connectivity index is 2.13. The first-order valence-electron chi connectivity index (χ1n) is 6.56. The zero-order valence-corrected chi connectivity index (χ0v) is 12.1. The van der Waals surface area contributed by atoms with E-state index in [-0.39, 0.29) is 11.9 Å². The number of aromatic nitrogens is 1. The number of carbonyl (C=O) groups is 1. The Morgan fingerprint density at radius 3 is 2.74 bits per heavy atom. The highest BCUT2D eigenvalue weighted by atomic mass is 32.1. The molecule has 0 saturated carbocycles. The van der Waals surface area contributed by atoms with Crippen LogP contribution in [0.1, 0.15) is 42.7 Å². The summed E-state index contributed by atoms with van der Waals surface area (Å²) >= 11 is 4.87. The van der Waals surface area contributed by atoms with Crippen LogP contribution in [0.4, 0.5) is 0 Å². The quantitative estimate of drug-likeness (QED) is 0.840. The highest BCUT2D eigenvalue weighted by Crippen LogP contribution is 2.23. The average molecular weight is 277 g/mol. The maximum atomic E-state index is 12.4. The number of rotatable bonds is 2. The number of pyridine rings is 1. The van der Waals surface area contributed by atoms with Gasteiger partial charge in [0.2, 0.25) is 0 Å². The second kappa shape index (κ2) is 5.65. The molecule has 2 rings (SSSR count). The molecule has 102 valence electrons. The van der Waals surface area contributed by atoms with Crippen LogP contribution in [0.25, 0.3) is 0 Å². The van der Waals surface area contributed by atoms with Crippen molar-refractivity contribution in [3.8, 4) is 0 Å². The van der Waals surface area contributed by atoms with Crippen LogP contribution < -0.4 is 5.73 Å². The van der Waals surface area contributed by atoms with Crippen LogP contribution >= 0.6 is 12.2 Å². The van der Waals surface area contributed by atoms with Gasteiger partial charge in [-0.25, -0.2) is 0 Å². The Bertz CT molecular complexity index is 486. The summed E-state index contributed by atoms with van der Waals surface area (Å²) in [6.45, 7) is 5.13. The van der Waals surface area contributed by atoms with E-state index in [0.29, 0.717) is 22.2 Å². The van der Waals surface area contributed by atoms with E-state index in [0.717, 1.165) is 19.4 Å². The first-order chi connectivity index (χ1) is 8.99. The lowest BCUT2D eigenvalue weighted by atomic mass is 9.93. The van der Waals surface area contributed by atoms with Gasteiger partial charge in [-0.1, -0.05) is 19.1 Å². The van der Waals surface area contributed by atoms with Gasteiger partial charge in [0.15, 0.2) is 0 Å². The van der Waals surface area contributed by atoms with Crippen molar-refractivity contribution >= 4 is 23.1 Å². The van der Waals surface area contributed by atoms with Crippen LogP contribution in [0, 0.1) is 5.92 Å². The zero-order chi connectivity index (χ0) is 14.0. The smallest absolute Gasteiger partial charge is 0.272 e. The minimum atomic E-state index is -0.00566. The van der Waals surface area contributed by atoms with Crippen molar-refractivity contribution in [3.63, 3.8) is 0 Å². The van der Waals surface area contributed by atoms with Crippen molar-refractivity contribution in [2.24, 2.45) is 11.7 Å². The van der Waals surface area contributed by atoms with Gasteiger partial charge in [0.25, 0.3) is 5.91 Å². The van der Waals surface area contributed by atoms with Gasteiger partial charge in [-0.2, -0.15) is 0 Å². The summed E-state index contributed by atoms with van der Waals surface area (Å²) < 4.78 is 0. The van der Waals surface area contributed by atoms with Gasteiger partial charge in [-0.05, 0) is 37.8 Å². The average Bonchev–Trinajstić information content (AvgIpc) is 2.38. The summed E-state index contributed by atoms with van der Waals surface area (Å²) in [5.74, 6) is 0.679. The van der Waals surface area contributed by atoms with Crippen LogP contribution in [-0.2, 0) is 0 Å². The van der Waals surface area contributed by atoms with Crippen molar-refractivity contribution in [1.29, 1.82) is 0 Å². The number of piperidine rings is 1. The molecule has 0 aliphatic carbocycles. The second-order valence-corrected chi connectivity index (χ2v) is 5.71. The number of nitrogens with two attached hydrogens (primary N) is 1. The van der Waals surface area contributed by atoms with Crippen molar-refractivity contribution in [3.05, 3.63) is 29.6 Å². The van der Waals surface area contributed by atoms with E-state index < -0.39 is 0 Å². The molecule has 1 fully saturated rings. The monoisotopic (exact) mass is 277 g/mol. The fourth-order valence-corrected chi connectivity index (χ4v) is 2.64. The van der Waals surface area contributed by atoms with E-state index in [9.17, 15) is 4.79 Å². The van der Waals surface area contributed by atoms with Crippen LogP contribution in [0.3, 0.4) is 0 Å². The number of carbonyl (C=O) groups excluding carboxylic acids is 1. The summed E-state index contributed by atoms with van der Waals surface area (Å²) in [4.78, 5) is 18.8. The Kier molecular flexibility index (Phi) is 4.14. The predicted molar refractivity (Wildman–Crippen MR) is 79.0 cm³/mol. The van der Waals surface area contributed by atoms with E-state index in [4.69, 9.17) is 18.0 Å². The molecule has 19 heavy (non-hydrogen) atoms. The largest absolute Gasteiger partial charge is 0.389 e. The molecular formula is C14H19N3OS. The third-order valence-electron chi connectivity index (χ3n) is 3.67. The topological polar surface area (TPSA) is 59.2 Å². The molecule has 0 radical (unpaired) electrons. The van der Waals surface area contributed by atoms with Crippen LogP contribution in [0.15, 0.2) is 18.3 Å². The van der Waals surface area contributed by atoms with Gasteiger partial charge in [-0.3, -0.25) is 9.78 Å². The lowest BCUT2D eigenvalue weighted by Gasteiger charge is -2.36. The number of nitrogens with zero attached hydrogens (tertiary/aromatic N) is 2. The number of likely N-dealkylation sites (tertiary alicyclic amines) is 1. The molecule has 0 aromatic carbocycles. The Morgan fingerprint density at radius 2 is 2.21 bits per heavy atom. The third kappa shape index (κ3) is 3.10. The van der Waals surface area contributed by atoms with E-state index >= 15 is 0 Å². The Labute approximate surface area is 119 Å². The number of hydrogen-bond acceptors (Lipinski definition) is 3. The zero-order valence-electron chi connectivity index (χ0n) is 11.3. The van der Waals surface area contributed by atoms with Gasteiger partial charge in [0.05, 0.1) is 0 Å². The summed E-state index contributed by atoms with van der Waals surface area (Å²) in [5, 5.41) is 0. The molecule has 2 N–H and O–H groups in total. The van der Waals surface area contributed by atoms with Gasteiger partial charge in [0, 0.05) is 24.3 Å². The number of hydrogen-bond donors (Lipinski definition) is 1. The maximum Gasteiger partial charge on any atom is 0.272 e. The second-order valence-electron chi connectivity index (χ2n) is 5.27. The van der Waals surface area contributed by atoms with E-state index in [1.165, 1.54) is 0 Å². The first kappa shape index (κ1) is 13.9. The summed E-state index contributed by atoms with van der Waals surface area (Å²) in [7, 11) is 0. The molecule has 5 heteroatoms. The van der Waals surface area contributed by atoms with Crippen molar-refractivity contribution in [1.82, 2.24) is 9.88 Å². The molecule has 0 bridgehead atoms. The molecule has 1 aliphatic rings. The van der Waals surface area contributed by atoms with Crippen LogP contribution in [0.2, 0.25) is 0 Å². The molecule has 1 aliphatic heterocycles. The van der Waals surface area contributed by atoms with E-state index in [2.05, 4.69) is 18.8 Å². The molecule has 1 aromatic rings. The third-order valence-corrected chi connectivity index (χ3v) is 3.90. The molecule has 2 atom stereocenters. The maximum absolute atomic E-state index is 12.4. The highest BCUT2D eigenvalue weighted by Gasteiger charge is 2.27. The molecule has 0 spiro atoms. The van der Waals surface area contributed by atoms with Gasteiger partial charge < -0.3 is 10.6 Å². The van der Waals surface area contributed by atoms with Gasteiger partial charge in [-0.15, -0.1) is 0 Å². The molecule has 2 heterocycles. The molecule has 1 saturated heterocycles. The minimum absolute atomic E-state index is 0.00566. The Morgan fingerprint density at radius 1 is 1.47 bits per heavy atom. The van der Waals surface area contributed by atoms with E-state index in [1.807, 2.05) is 4.90 Å². The molecule has 4 nitrogen and oxygen atoms in total. The molecule has 1 aromatic heterocycles. The summed E-state index contributed by atoms with van der Waals surface area (Å²) in [6.07, 6.45) is 3.67. The standard InChI is InChI=1S/C14H19N3OS/c1-9-5-6-17(10(2)7-9)14(18)12-4-3-11(8-16-12)13(15)19/h3-4,8-10H,5-7H2,1-2H3,(H2,15,19). The van der Waals surface area contributed by atoms with Crippen molar-refractivity contribution < 1.29 is 4.79 Å². The fraction of sp³-hybridized carbons (Fsp3) is 0.500. The molecule has 1 amide bonds. The fourth-order valence-electron chi connectivity index (χ4n) is 2.52. The summed E-state index contributed by atoms with van der Waals surface area (Å²) in [5.41, 5.74) is 6.66. The number of amides is 1. The summed E-state index contributed by atoms with van der Waals surface area (Å²) in [6, 6.07) is 3.72. The SMILES string of the molecule is CC1CCN(C(=O)c2ccc(C(N)=S)cn2)C(C)C1. The highest BCUT2D eigenvalue weighted by molar-refractivity contribution is 7.80. The van der Waals surface area contributed by atoms with Gasteiger partial charge in [0.1, 0.15) is 10.7 Å².